The molecule has 17 heavy (non-hydrogen) atoms. The van der Waals surface area contributed by atoms with Crippen molar-refractivity contribution in [3.8, 4) is 22.6 Å². The molecule has 3 nitrogen and oxygen atoms in total. The first-order valence-electron chi connectivity index (χ1n) is 5.19. The molecule has 0 bridgehead atoms. The highest BCUT2D eigenvalue weighted by Gasteiger charge is 2.07. The third kappa shape index (κ3) is 2.45. The molecule has 0 saturated carbocycles. The van der Waals surface area contributed by atoms with Crippen LogP contribution in [0.25, 0.3) is 11.1 Å². The predicted molar refractivity (Wildman–Crippen MR) is 65.1 cm³/mol. The normalized spacial score (nSPS) is 9.71. The maximum Gasteiger partial charge on any atom is 0.298 e. The number of ether oxygens (including phenoxy) is 2. The third-order valence-corrected chi connectivity index (χ3v) is 2.44. The van der Waals surface area contributed by atoms with E-state index in [0.717, 1.165) is 16.9 Å². The van der Waals surface area contributed by atoms with Crippen LogP contribution in [0.2, 0.25) is 0 Å². The topological polar surface area (TPSA) is 35.5 Å². The van der Waals surface area contributed by atoms with Gasteiger partial charge in [-0.1, -0.05) is 30.3 Å². The van der Waals surface area contributed by atoms with E-state index in [-0.39, 0.29) is 0 Å². The summed E-state index contributed by atoms with van der Waals surface area (Å²) in [4.78, 5) is 10.3. The van der Waals surface area contributed by atoms with E-state index in [9.17, 15) is 4.79 Å². The molecule has 0 heterocycles. The molecule has 2 rings (SSSR count). The quantitative estimate of drug-likeness (QED) is 0.755. The highest BCUT2D eigenvalue weighted by molar-refractivity contribution is 5.72. The van der Waals surface area contributed by atoms with Crippen LogP contribution in [0.4, 0.5) is 0 Å². The van der Waals surface area contributed by atoms with Crippen molar-refractivity contribution in [3.05, 3.63) is 48.5 Å². The second kappa shape index (κ2) is 5.16. The van der Waals surface area contributed by atoms with E-state index in [2.05, 4.69) is 0 Å². The van der Waals surface area contributed by atoms with Gasteiger partial charge < -0.3 is 9.47 Å². The Morgan fingerprint density at radius 3 is 2.47 bits per heavy atom. The molecule has 0 spiro atoms. The van der Waals surface area contributed by atoms with E-state index in [4.69, 9.17) is 9.47 Å². The lowest BCUT2D eigenvalue weighted by atomic mass is 10.0. The number of carbonyl (C=O) groups is 1. The van der Waals surface area contributed by atoms with Crippen LogP contribution in [-0.2, 0) is 4.79 Å². The van der Waals surface area contributed by atoms with Crippen LogP contribution < -0.4 is 9.47 Å². The molecule has 0 saturated heterocycles. The molecule has 0 aliphatic rings. The van der Waals surface area contributed by atoms with Gasteiger partial charge >= 0.3 is 0 Å². The minimum absolute atomic E-state index is 0.413. The molecule has 0 aromatic heterocycles. The van der Waals surface area contributed by atoms with Crippen LogP contribution in [0, 0.1) is 0 Å². The molecule has 2 aromatic rings. The molecular formula is C14H12O3. The average molecular weight is 228 g/mol. The van der Waals surface area contributed by atoms with E-state index in [1.807, 2.05) is 30.3 Å². The van der Waals surface area contributed by atoms with Crippen LogP contribution >= 0.6 is 0 Å². The average Bonchev–Trinajstić information content (AvgIpc) is 2.40. The fourth-order valence-corrected chi connectivity index (χ4v) is 1.66. The first-order chi connectivity index (χ1) is 8.35. The van der Waals surface area contributed by atoms with Crippen molar-refractivity contribution < 1.29 is 14.3 Å². The SMILES string of the molecule is COc1ccc(OC=O)cc1-c1ccccc1. The lowest BCUT2D eigenvalue weighted by Gasteiger charge is -2.09. The molecule has 0 fully saturated rings. The predicted octanol–water partition coefficient (Wildman–Crippen LogP) is 2.90. The van der Waals surface area contributed by atoms with Crippen molar-refractivity contribution in [3.63, 3.8) is 0 Å². The summed E-state index contributed by atoms with van der Waals surface area (Å²) >= 11 is 0. The fourth-order valence-electron chi connectivity index (χ4n) is 1.66. The van der Waals surface area contributed by atoms with Crippen molar-refractivity contribution in [2.75, 3.05) is 7.11 Å². The lowest BCUT2D eigenvalue weighted by Crippen LogP contribution is -1.92. The summed E-state index contributed by atoms with van der Waals surface area (Å²) in [5, 5.41) is 0. The zero-order valence-corrected chi connectivity index (χ0v) is 9.42. The number of carbonyl (C=O) groups excluding carboxylic acids is 1. The summed E-state index contributed by atoms with van der Waals surface area (Å²) in [5.74, 6) is 1.24. The Labute approximate surface area is 99.6 Å². The van der Waals surface area contributed by atoms with Gasteiger partial charge in [0.15, 0.2) is 0 Å². The van der Waals surface area contributed by atoms with Gasteiger partial charge in [-0.2, -0.15) is 0 Å². The second-order valence-electron chi connectivity index (χ2n) is 3.44. The van der Waals surface area contributed by atoms with Gasteiger partial charge in [-0.15, -0.1) is 0 Å². The summed E-state index contributed by atoms with van der Waals surface area (Å²) in [6, 6.07) is 15.0. The molecule has 0 unspecified atom stereocenters. The van der Waals surface area contributed by atoms with Gasteiger partial charge in [-0.3, -0.25) is 4.79 Å². The molecule has 2 aromatic carbocycles. The van der Waals surface area contributed by atoms with E-state index in [1.54, 1.807) is 25.3 Å². The standard InChI is InChI=1S/C14H12O3/c1-16-14-8-7-12(17-10-15)9-13(14)11-5-3-2-4-6-11/h2-10H,1H3. The monoisotopic (exact) mass is 228 g/mol. The summed E-state index contributed by atoms with van der Waals surface area (Å²) in [6.07, 6.45) is 0. The van der Waals surface area contributed by atoms with Gasteiger partial charge in [-0.05, 0) is 23.8 Å². The number of benzene rings is 2. The Balaban J connectivity index is 2.49. The van der Waals surface area contributed by atoms with Gasteiger partial charge in [-0.25, -0.2) is 0 Å². The van der Waals surface area contributed by atoms with E-state index in [0.29, 0.717) is 12.2 Å². The highest BCUT2D eigenvalue weighted by Crippen LogP contribution is 2.32. The first kappa shape index (κ1) is 11.2. The zero-order chi connectivity index (χ0) is 12.1. The van der Waals surface area contributed by atoms with Crippen molar-refractivity contribution in [1.29, 1.82) is 0 Å². The molecule has 0 radical (unpaired) electrons. The van der Waals surface area contributed by atoms with E-state index >= 15 is 0 Å². The van der Waals surface area contributed by atoms with Crippen LogP contribution in [0.15, 0.2) is 48.5 Å². The first-order valence-corrected chi connectivity index (χ1v) is 5.19. The largest absolute Gasteiger partial charge is 0.496 e. The summed E-state index contributed by atoms with van der Waals surface area (Å²) < 4.78 is 10.1. The molecule has 0 atom stereocenters. The number of hydrogen-bond acceptors (Lipinski definition) is 3. The Morgan fingerprint density at radius 2 is 1.82 bits per heavy atom. The summed E-state index contributed by atoms with van der Waals surface area (Å²) in [5.41, 5.74) is 1.91. The Kier molecular flexibility index (Phi) is 3.40. The molecule has 3 heteroatoms. The maximum absolute atomic E-state index is 10.3. The van der Waals surface area contributed by atoms with Gasteiger partial charge in [0.2, 0.25) is 0 Å². The van der Waals surface area contributed by atoms with Crippen LogP contribution in [0.3, 0.4) is 0 Å². The zero-order valence-electron chi connectivity index (χ0n) is 9.42. The minimum atomic E-state index is 0.413. The van der Waals surface area contributed by atoms with Crippen molar-refractivity contribution in [2.45, 2.75) is 0 Å². The minimum Gasteiger partial charge on any atom is -0.496 e. The van der Waals surface area contributed by atoms with Gasteiger partial charge in [0.25, 0.3) is 6.47 Å². The van der Waals surface area contributed by atoms with E-state index in [1.165, 1.54) is 0 Å². The third-order valence-electron chi connectivity index (χ3n) is 2.44. The van der Waals surface area contributed by atoms with Crippen LogP contribution in [-0.4, -0.2) is 13.6 Å². The van der Waals surface area contributed by atoms with Gasteiger partial charge in [0, 0.05) is 5.56 Å². The van der Waals surface area contributed by atoms with Crippen molar-refractivity contribution in [1.82, 2.24) is 0 Å². The molecular weight excluding hydrogens is 216 g/mol. The molecule has 0 aliphatic carbocycles. The van der Waals surface area contributed by atoms with Crippen molar-refractivity contribution in [2.24, 2.45) is 0 Å². The summed E-state index contributed by atoms with van der Waals surface area (Å²) in [6.45, 7) is 0.413. The van der Waals surface area contributed by atoms with Crippen molar-refractivity contribution >= 4 is 6.47 Å². The molecule has 0 N–H and O–H groups in total. The highest BCUT2D eigenvalue weighted by atomic mass is 16.5. The van der Waals surface area contributed by atoms with E-state index < -0.39 is 0 Å². The van der Waals surface area contributed by atoms with Crippen LogP contribution in [0.1, 0.15) is 0 Å². The number of hydrogen-bond donors (Lipinski definition) is 0. The van der Waals surface area contributed by atoms with Gasteiger partial charge in [0.1, 0.15) is 11.5 Å². The number of methoxy groups -OCH3 is 1. The second-order valence-corrected chi connectivity index (χ2v) is 3.44. The smallest absolute Gasteiger partial charge is 0.298 e. The lowest BCUT2D eigenvalue weighted by molar-refractivity contribution is -0.120. The molecule has 0 amide bonds. The Morgan fingerprint density at radius 1 is 1.06 bits per heavy atom. The number of rotatable bonds is 4. The Bertz CT molecular complexity index is 506. The molecule has 86 valence electrons. The maximum atomic E-state index is 10.3. The van der Waals surface area contributed by atoms with Crippen LogP contribution in [0.5, 0.6) is 11.5 Å². The fraction of sp³-hybridized carbons (Fsp3) is 0.0714. The molecule has 0 aliphatic heterocycles. The van der Waals surface area contributed by atoms with Gasteiger partial charge in [0.05, 0.1) is 7.11 Å². The Hall–Kier alpha value is -2.29. The summed E-state index contributed by atoms with van der Waals surface area (Å²) in [7, 11) is 1.61.